The lowest BCUT2D eigenvalue weighted by Gasteiger charge is -2.28. The Morgan fingerprint density at radius 1 is 1.21 bits per heavy atom. The first-order valence-electron chi connectivity index (χ1n) is 6.59. The number of nitrogens with zero attached hydrogens (tertiary/aromatic N) is 2. The molecule has 1 aliphatic carbocycles. The summed E-state index contributed by atoms with van der Waals surface area (Å²) in [6.45, 7) is 6.36. The second-order valence-corrected chi connectivity index (χ2v) is 7.31. The van der Waals surface area contributed by atoms with E-state index in [-0.39, 0.29) is 11.0 Å². The van der Waals surface area contributed by atoms with E-state index in [4.69, 9.17) is 21.3 Å². The van der Waals surface area contributed by atoms with Gasteiger partial charge in [0.1, 0.15) is 10.8 Å². The Kier molecular flexibility index (Phi) is 4.24. The van der Waals surface area contributed by atoms with Gasteiger partial charge in [0, 0.05) is 12.5 Å². The fourth-order valence-corrected chi connectivity index (χ4v) is 3.53. The van der Waals surface area contributed by atoms with Crippen molar-refractivity contribution in [2.75, 3.05) is 7.11 Å². The van der Waals surface area contributed by atoms with Crippen LogP contribution in [0.2, 0.25) is 5.15 Å². The summed E-state index contributed by atoms with van der Waals surface area (Å²) in [5.41, 5.74) is 0.490. The molecule has 1 saturated carbocycles. The first kappa shape index (κ1) is 15.2. The van der Waals surface area contributed by atoms with Crippen LogP contribution in [0.15, 0.2) is 4.47 Å². The molecule has 0 aliphatic heterocycles. The highest BCUT2D eigenvalue weighted by Crippen LogP contribution is 2.42. The monoisotopic (exact) mass is 346 g/mol. The van der Waals surface area contributed by atoms with E-state index >= 15 is 0 Å². The molecule has 1 aliphatic rings. The van der Waals surface area contributed by atoms with Crippen molar-refractivity contribution in [2.24, 2.45) is 0 Å². The molecule has 106 valence electrons. The lowest BCUT2D eigenvalue weighted by molar-refractivity contribution is -0.0166. The summed E-state index contributed by atoms with van der Waals surface area (Å²) in [4.78, 5) is 9.22. The Hall–Kier alpha value is -0.190. The van der Waals surface area contributed by atoms with E-state index in [9.17, 15) is 0 Å². The van der Waals surface area contributed by atoms with Crippen molar-refractivity contribution in [3.8, 4) is 0 Å². The zero-order valence-corrected chi connectivity index (χ0v) is 14.2. The van der Waals surface area contributed by atoms with E-state index in [1.807, 2.05) is 0 Å². The summed E-state index contributed by atoms with van der Waals surface area (Å²) in [6, 6.07) is 0. The molecule has 0 saturated heterocycles. The van der Waals surface area contributed by atoms with Crippen LogP contribution in [0.1, 0.15) is 58.0 Å². The van der Waals surface area contributed by atoms with Gasteiger partial charge in [0.2, 0.25) is 0 Å². The van der Waals surface area contributed by atoms with Crippen molar-refractivity contribution >= 4 is 27.5 Å². The number of hydrogen-bond donors (Lipinski definition) is 0. The van der Waals surface area contributed by atoms with Crippen molar-refractivity contribution in [3.63, 3.8) is 0 Å². The maximum absolute atomic E-state index is 6.27. The van der Waals surface area contributed by atoms with Crippen molar-refractivity contribution in [1.82, 2.24) is 9.97 Å². The van der Waals surface area contributed by atoms with E-state index in [1.165, 1.54) is 0 Å². The molecule has 0 bridgehead atoms. The number of halogens is 2. The summed E-state index contributed by atoms with van der Waals surface area (Å²) < 4.78 is 6.54. The van der Waals surface area contributed by atoms with Crippen LogP contribution in [0, 0.1) is 0 Å². The molecule has 1 heterocycles. The summed E-state index contributed by atoms with van der Waals surface area (Å²) in [5.74, 6) is 0.727. The maximum Gasteiger partial charge on any atom is 0.162 e. The zero-order valence-electron chi connectivity index (χ0n) is 11.9. The highest BCUT2D eigenvalue weighted by Gasteiger charge is 2.40. The molecule has 3 nitrogen and oxygen atoms in total. The van der Waals surface area contributed by atoms with Crippen molar-refractivity contribution < 1.29 is 4.74 Å². The van der Waals surface area contributed by atoms with Crippen LogP contribution < -0.4 is 0 Å². The molecule has 5 heteroatoms. The van der Waals surface area contributed by atoms with E-state index in [0.29, 0.717) is 5.15 Å². The summed E-state index contributed by atoms with van der Waals surface area (Å²) >= 11 is 9.77. The van der Waals surface area contributed by atoms with Gasteiger partial charge in [-0.25, -0.2) is 9.97 Å². The molecule has 0 atom stereocenters. The van der Waals surface area contributed by atoms with Gasteiger partial charge in [0.15, 0.2) is 5.82 Å². The Balaban J connectivity index is 2.56. The average molecular weight is 348 g/mol. The molecule has 1 fully saturated rings. The summed E-state index contributed by atoms with van der Waals surface area (Å²) in [6.07, 6.45) is 4.22. The minimum Gasteiger partial charge on any atom is -0.370 e. The largest absolute Gasteiger partial charge is 0.370 e. The minimum atomic E-state index is -0.357. The summed E-state index contributed by atoms with van der Waals surface area (Å²) in [7, 11) is 1.74. The number of methoxy groups -OCH3 is 1. The third-order valence-electron chi connectivity index (χ3n) is 3.73. The van der Waals surface area contributed by atoms with Crippen LogP contribution >= 0.6 is 27.5 Å². The van der Waals surface area contributed by atoms with Crippen LogP contribution in [0.3, 0.4) is 0 Å². The second kappa shape index (κ2) is 5.30. The normalized spacial score (nSPS) is 18.8. The predicted octanol–water partition coefficient (Wildman–Crippen LogP) is 4.61. The van der Waals surface area contributed by atoms with Crippen LogP contribution in [0.25, 0.3) is 0 Å². The number of rotatable bonds is 2. The average Bonchev–Trinajstić information content (AvgIpc) is 2.80. The van der Waals surface area contributed by atoms with Gasteiger partial charge in [-0.2, -0.15) is 0 Å². The molecule has 0 N–H and O–H groups in total. The zero-order chi connectivity index (χ0) is 14.3. The fraction of sp³-hybridized carbons (Fsp3) is 0.714. The minimum absolute atomic E-state index is 0.0896. The Bertz CT molecular complexity index is 479. The van der Waals surface area contributed by atoms with Gasteiger partial charge in [0.05, 0.1) is 10.2 Å². The lowest BCUT2D eigenvalue weighted by Crippen LogP contribution is -2.29. The Morgan fingerprint density at radius 3 is 2.26 bits per heavy atom. The summed E-state index contributed by atoms with van der Waals surface area (Å²) in [5, 5.41) is 0.471. The SMILES string of the molecule is COC1(c2nc(Cl)c(Br)c(C(C)(C)C)n2)CCCC1. The van der Waals surface area contributed by atoms with Crippen molar-refractivity contribution in [1.29, 1.82) is 0 Å². The van der Waals surface area contributed by atoms with Gasteiger partial charge in [-0.05, 0) is 41.6 Å². The highest BCUT2D eigenvalue weighted by atomic mass is 79.9. The molecular weight excluding hydrogens is 328 g/mol. The predicted molar refractivity (Wildman–Crippen MR) is 80.6 cm³/mol. The number of hydrogen-bond acceptors (Lipinski definition) is 3. The molecule has 19 heavy (non-hydrogen) atoms. The molecule has 0 unspecified atom stereocenters. The molecule has 0 spiro atoms. The second-order valence-electron chi connectivity index (χ2n) is 6.16. The molecule has 0 aromatic carbocycles. The molecular formula is C14H20BrClN2O. The van der Waals surface area contributed by atoms with E-state index in [1.54, 1.807) is 7.11 Å². The van der Waals surface area contributed by atoms with Crippen LogP contribution in [-0.4, -0.2) is 17.1 Å². The van der Waals surface area contributed by atoms with Crippen molar-refractivity contribution in [3.05, 3.63) is 21.1 Å². The molecule has 1 aromatic rings. The molecule has 1 aromatic heterocycles. The van der Waals surface area contributed by atoms with Gasteiger partial charge in [-0.15, -0.1) is 0 Å². The molecule has 0 amide bonds. The van der Waals surface area contributed by atoms with Crippen LogP contribution in [-0.2, 0) is 15.8 Å². The first-order valence-corrected chi connectivity index (χ1v) is 7.76. The number of aromatic nitrogens is 2. The topological polar surface area (TPSA) is 35.0 Å². The number of ether oxygens (including phenoxy) is 1. The Morgan fingerprint density at radius 2 is 1.79 bits per heavy atom. The van der Waals surface area contributed by atoms with Gasteiger partial charge in [-0.1, -0.05) is 32.4 Å². The lowest BCUT2D eigenvalue weighted by atomic mass is 9.91. The van der Waals surface area contributed by atoms with E-state index in [0.717, 1.165) is 41.7 Å². The Labute approximate surface area is 128 Å². The third kappa shape index (κ3) is 2.81. The van der Waals surface area contributed by atoms with Crippen LogP contribution in [0.4, 0.5) is 0 Å². The van der Waals surface area contributed by atoms with Gasteiger partial charge >= 0.3 is 0 Å². The smallest absolute Gasteiger partial charge is 0.162 e. The maximum atomic E-state index is 6.27. The molecule has 0 radical (unpaired) electrons. The van der Waals surface area contributed by atoms with Crippen molar-refractivity contribution in [2.45, 2.75) is 57.5 Å². The highest BCUT2D eigenvalue weighted by molar-refractivity contribution is 9.10. The van der Waals surface area contributed by atoms with E-state index in [2.05, 4.69) is 41.7 Å². The van der Waals surface area contributed by atoms with Crippen LogP contribution in [0.5, 0.6) is 0 Å². The molecule has 2 rings (SSSR count). The van der Waals surface area contributed by atoms with Gasteiger partial charge < -0.3 is 4.74 Å². The fourth-order valence-electron chi connectivity index (χ4n) is 2.59. The standard InChI is InChI=1S/C14H20BrClN2O/c1-13(2,3)10-9(15)11(16)18-12(17-10)14(19-4)7-5-6-8-14/h5-8H2,1-4H3. The third-order valence-corrected chi connectivity index (χ3v) is 4.98. The first-order chi connectivity index (χ1) is 8.80. The van der Waals surface area contributed by atoms with Gasteiger partial charge in [0.25, 0.3) is 0 Å². The van der Waals surface area contributed by atoms with E-state index < -0.39 is 0 Å². The van der Waals surface area contributed by atoms with Gasteiger partial charge in [-0.3, -0.25) is 0 Å². The quantitative estimate of drug-likeness (QED) is 0.733.